The van der Waals surface area contributed by atoms with Gasteiger partial charge in [-0.1, -0.05) is 79.4 Å². The zero-order chi connectivity index (χ0) is 16.8. The maximum absolute atomic E-state index is 6.02. The van der Waals surface area contributed by atoms with Crippen molar-refractivity contribution >= 4 is 11.6 Å². The third kappa shape index (κ3) is 3.64. The normalized spacial score (nSPS) is 10.7. The molecule has 0 amide bonds. The van der Waals surface area contributed by atoms with Crippen molar-refractivity contribution in [3.8, 4) is 11.5 Å². The van der Waals surface area contributed by atoms with E-state index in [1.165, 1.54) is 0 Å². The first kappa shape index (κ1) is 15.8. The fraction of sp³-hybridized carbons (Fsp3) is 0.0435. The van der Waals surface area contributed by atoms with Crippen LogP contribution in [0.25, 0.3) is 11.6 Å². The lowest BCUT2D eigenvalue weighted by Crippen LogP contribution is -1.89. The van der Waals surface area contributed by atoms with Gasteiger partial charge < -0.3 is 4.74 Å². The van der Waals surface area contributed by atoms with Gasteiger partial charge in [-0.3, -0.25) is 0 Å². The Kier molecular flexibility index (Phi) is 4.93. The highest BCUT2D eigenvalue weighted by Gasteiger charge is 2.04. The minimum atomic E-state index is 0.816. The zero-order valence-electron chi connectivity index (χ0n) is 13.8. The zero-order valence-corrected chi connectivity index (χ0v) is 13.8. The van der Waals surface area contributed by atoms with Gasteiger partial charge in [-0.15, -0.1) is 0 Å². The second kappa shape index (κ2) is 7.47. The Morgan fingerprint density at radius 3 is 2.12 bits per heavy atom. The van der Waals surface area contributed by atoms with Gasteiger partial charge in [-0.2, -0.15) is 0 Å². The van der Waals surface area contributed by atoms with Crippen LogP contribution < -0.4 is 4.74 Å². The SMILES string of the molecule is C=C(c1ccccc1)c1ccc(Oc2ccccc2C=CC)cc1. The topological polar surface area (TPSA) is 9.23 Å². The van der Waals surface area contributed by atoms with Crippen LogP contribution in [0.4, 0.5) is 0 Å². The predicted molar refractivity (Wildman–Crippen MR) is 102 cm³/mol. The van der Waals surface area contributed by atoms with Gasteiger partial charge in [0.25, 0.3) is 0 Å². The summed E-state index contributed by atoms with van der Waals surface area (Å²) in [7, 11) is 0. The molecule has 0 fully saturated rings. The van der Waals surface area contributed by atoms with Crippen LogP contribution in [0.1, 0.15) is 23.6 Å². The second-order valence-electron chi connectivity index (χ2n) is 5.51. The van der Waals surface area contributed by atoms with Crippen LogP contribution in [0.5, 0.6) is 11.5 Å². The Bertz CT molecular complexity index is 843. The van der Waals surface area contributed by atoms with Crippen molar-refractivity contribution in [2.45, 2.75) is 6.92 Å². The predicted octanol–water partition coefficient (Wildman–Crippen LogP) is 6.57. The molecule has 3 aromatic carbocycles. The van der Waals surface area contributed by atoms with Crippen molar-refractivity contribution in [2.24, 2.45) is 0 Å². The van der Waals surface area contributed by atoms with Gasteiger partial charge in [-0.05, 0) is 41.8 Å². The van der Waals surface area contributed by atoms with Crippen LogP contribution in [0.3, 0.4) is 0 Å². The molecule has 0 bridgehead atoms. The van der Waals surface area contributed by atoms with Crippen LogP contribution in [0.15, 0.2) is 91.5 Å². The fourth-order valence-corrected chi connectivity index (χ4v) is 2.55. The number of hydrogen-bond acceptors (Lipinski definition) is 1. The van der Waals surface area contributed by atoms with E-state index >= 15 is 0 Å². The molecule has 0 aliphatic heterocycles. The molecule has 0 spiro atoms. The Hall–Kier alpha value is -3.06. The van der Waals surface area contributed by atoms with Gasteiger partial charge in [0.05, 0.1) is 0 Å². The van der Waals surface area contributed by atoms with Gasteiger partial charge in [0, 0.05) is 5.56 Å². The average Bonchev–Trinajstić information content (AvgIpc) is 2.64. The van der Waals surface area contributed by atoms with Gasteiger partial charge in [-0.25, -0.2) is 0 Å². The van der Waals surface area contributed by atoms with E-state index in [9.17, 15) is 0 Å². The molecule has 3 aromatic rings. The van der Waals surface area contributed by atoms with Crippen LogP contribution in [0, 0.1) is 0 Å². The van der Waals surface area contributed by atoms with Gasteiger partial charge in [0.1, 0.15) is 11.5 Å². The summed E-state index contributed by atoms with van der Waals surface area (Å²) >= 11 is 0. The van der Waals surface area contributed by atoms with E-state index in [-0.39, 0.29) is 0 Å². The summed E-state index contributed by atoms with van der Waals surface area (Å²) in [4.78, 5) is 0. The van der Waals surface area contributed by atoms with Crippen LogP contribution >= 0.6 is 0 Å². The number of benzene rings is 3. The maximum atomic E-state index is 6.02. The number of hydrogen-bond donors (Lipinski definition) is 0. The molecule has 0 aliphatic carbocycles. The van der Waals surface area contributed by atoms with Crippen LogP contribution in [0.2, 0.25) is 0 Å². The first-order chi connectivity index (χ1) is 11.8. The summed E-state index contributed by atoms with van der Waals surface area (Å²) in [5.74, 6) is 1.67. The Morgan fingerprint density at radius 1 is 0.792 bits per heavy atom. The molecule has 118 valence electrons. The van der Waals surface area contributed by atoms with Gasteiger partial charge >= 0.3 is 0 Å². The molecule has 24 heavy (non-hydrogen) atoms. The smallest absolute Gasteiger partial charge is 0.134 e. The largest absolute Gasteiger partial charge is 0.457 e. The van der Waals surface area contributed by atoms with E-state index < -0.39 is 0 Å². The van der Waals surface area contributed by atoms with Crippen molar-refractivity contribution in [1.29, 1.82) is 0 Å². The highest BCUT2D eigenvalue weighted by Crippen LogP contribution is 2.28. The first-order valence-corrected chi connectivity index (χ1v) is 8.02. The van der Waals surface area contributed by atoms with E-state index in [1.54, 1.807) is 0 Å². The number of rotatable bonds is 5. The van der Waals surface area contributed by atoms with Crippen LogP contribution in [-0.2, 0) is 0 Å². The molecular weight excluding hydrogens is 292 g/mol. The van der Waals surface area contributed by atoms with Gasteiger partial charge in [0.2, 0.25) is 0 Å². The third-order valence-corrected chi connectivity index (χ3v) is 3.82. The lowest BCUT2D eigenvalue weighted by atomic mass is 10.00. The van der Waals surface area contributed by atoms with Crippen molar-refractivity contribution in [3.63, 3.8) is 0 Å². The number of para-hydroxylation sites is 1. The monoisotopic (exact) mass is 312 g/mol. The molecule has 0 radical (unpaired) electrons. The summed E-state index contributed by atoms with van der Waals surface area (Å²) in [6.45, 7) is 6.20. The molecule has 3 rings (SSSR count). The molecule has 0 heterocycles. The van der Waals surface area contributed by atoms with Crippen molar-refractivity contribution < 1.29 is 4.74 Å². The molecule has 0 atom stereocenters. The van der Waals surface area contributed by atoms with Crippen molar-refractivity contribution in [1.82, 2.24) is 0 Å². The van der Waals surface area contributed by atoms with E-state index in [0.717, 1.165) is 33.8 Å². The minimum absolute atomic E-state index is 0.816. The molecule has 1 nitrogen and oxygen atoms in total. The van der Waals surface area contributed by atoms with Crippen LogP contribution in [-0.4, -0.2) is 0 Å². The molecule has 0 N–H and O–H groups in total. The molecule has 0 unspecified atom stereocenters. The molecule has 1 heteroatoms. The lowest BCUT2D eigenvalue weighted by Gasteiger charge is -2.10. The molecule has 0 aliphatic rings. The highest BCUT2D eigenvalue weighted by atomic mass is 16.5. The Balaban J connectivity index is 1.79. The Morgan fingerprint density at radius 2 is 1.42 bits per heavy atom. The molecule has 0 saturated heterocycles. The van der Waals surface area contributed by atoms with E-state index in [4.69, 9.17) is 4.74 Å². The number of ether oxygens (including phenoxy) is 1. The van der Waals surface area contributed by atoms with Crippen molar-refractivity contribution in [3.05, 3.63) is 108 Å². The van der Waals surface area contributed by atoms with E-state index in [1.807, 2.05) is 85.8 Å². The summed E-state index contributed by atoms with van der Waals surface area (Å²) in [5.41, 5.74) is 4.30. The average molecular weight is 312 g/mol. The lowest BCUT2D eigenvalue weighted by molar-refractivity contribution is 0.481. The summed E-state index contributed by atoms with van der Waals surface area (Å²) in [6.07, 6.45) is 4.05. The minimum Gasteiger partial charge on any atom is -0.457 e. The summed E-state index contributed by atoms with van der Waals surface area (Å²) in [6, 6.07) is 26.3. The summed E-state index contributed by atoms with van der Waals surface area (Å²) < 4.78 is 6.02. The van der Waals surface area contributed by atoms with Gasteiger partial charge in [0.15, 0.2) is 0 Å². The fourth-order valence-electron chi connectivity index (χ4n) is 2.55. The highest BCUT2D eigenvalue weighted by molar-refractivity contribution is 5.78. The number of allylic oxidation sites excluding steroid dienone is 1. The summed E-state index contributed by atoms with van der Waals surface area (Å²) in [5, 5.41) is 0. The third-order valence-electron chi connectivity index (χ3n) is 3.82. The molecular formula is C23H20O. The molecule has 0 aromatic heterocycles. The first-order valence-electron chi connectivity index (χ1n) is 8.02. The van der Waals surface area contributed by atoms with E-state index in [2.05, 4.69) is 18.7 Å². The molecule has 0 saturated carbocycles. The maximum Gasteiger partial charge on any atom is 0.134 e. The van der Waals surface area contributed by atoms with E-state index in [0.29, 0.717) is 0 Å². The Labute approximate surface area is 143 Å². The quantitative estimate of drug-likeness (QED) is 0.517. The standard InChI is InChI=1S/C23H20O/c1-3-9-21-12-7-8-13-23(21)24-22-16-14-20(15-17-22)18(2)19-10-5-4-6-11-19/h3-17H,2H2,1H3. The van der Waals surface area contributed by atoms with Crippen molar-refractivity contribution in [2.75, 3.05) is 0 Å². The second-order valence-corrected chi connectivity index (χ2v) is 5.51.